The van der Waals surface area contributed by atoms with Gasteiger partial charge >= 0.3 is 0 Å². The number of fused-ring (bicyclic) bond motifs is 8. The van der Waals surface area contributed by atoms with Crippen LogP contribution in [0.25, 0.3) is 22.1 Å². The van der Waals surface area contributed by atoms with Gasteiger partial charge in [0.25, 0.3) is 0 Å². The monoisotopic (exact) mass is 910 g/mol. The number of aromatic nitrogens is 6. The molecule has 2 fully saturated rings. The first-order chi connectivity index (χ1) is 30.1. The largest absolute Gasteiger partial charge is 0.346 e. The minimum atomic E-state index is -3.75. The van der Waals surface area contributed by atoms with Crippen LogP contribution >= 0.6 is 0 Å². The quantitative estimate of drug-likeness (QED) is 0.102. The second-order valence-corrected chi connectivity index (χ2v) is 20.1. The molecule has 2 amide bonds. The maximum Gasteiger partial charge on any atom is 0.246 e. The van der Waals surface area contributed by atoms with Crippen molar-refractivity contribution in [3.8, 4) is 0 Å². The third-order valence-electron chi connectivity index (χ3n) is 12.9. The molecule has 0 bridgehead atoms. The number of nitrogens with zero attached hydrogens (tertiary/aromatic N) is 6. The molecular weight excluding hydrogens is 857 g/mol. The van der Waals surface area contributed by atoms with E-state index in [0.717, 1.165) is 104 Å². The average Bonchev–Trinajstić information content (AvgIpc) is 3.85. The van der Waals surface area contributed by atoms with Crippen molar-refractivity contribution in [3.05, 3.63) is 84.4 Å². The van der Waals surface area contributed by atoms with Crippen LogP contribution in [0.2, 0.25) is 0 Å². The topological polar surface area (TPSA) is 264 Å². The van der Waals surface area contributed by atoms with Gasteiger partial charge in [0.05, 0.1) is 21.9 Å². The Morgan fingerprint density at radius 1 is 0.656 bits per heavy atom. The summed E-state index contributed by atoms with van der Waals surface area (Å²) in [6, 6.07) is 16.2. The van der Waals surface area contributed by atoms with E-state index in [9.17, 15) is 26.4 Å². The number of benzene rings is 2. The first-order valence-electron chi connectivity index (χ1n) is 21.3. The van der Waals surface area contributed by atoms with Crippen molar-refractivity contribution >= 4 is 77.2 Å². The Labute approximate surface area is 372 Å². The summed E-state index contributed by atoms with van der Waals surface area (Å²) in [6.45, 7) is 4.05. The van der Waals surface area contributed by atoms with Crippen LogP contribution in [-0.2, 0) is 40.7 Å². The molecule has 2 spiro atoms. The van der Waals surface area contributed by atoms with E-state index in [1.165, 1.54) is 24.3 Å². The van der Waals surface area contributed by atoms with E-state index in [1.807, 2.05) is 6.92 Å². The van der Waals surface area contributed by atoms with Gasteiger partial charge in [-0.1, -0.05) is 52.9 Å². The van der Waals surface area contributed by atoms with Crippen molar-refractivity contribution in [2.45, 2.75) is 125 Å². The lowest BCUT2D eigenvalue weighted by Gasteiger charge is -2.44. The van der Waals surface area contributed by atoms with Crippen LogP contribution in [0, 0.1) is 0 Å². The van der Waals surface area contributed by atoms with Gasteiger partial charge in [-0.3, -0.25) is 9.59 Å². The van der Waals surface area contributed by atoms with Crippen molar-refractivity contribution < 1.29 is 26.4 Å². The second kappa shape index (κ2) is 16.9. The summed E-state index contributed by atoms with van der Waals surface area (Å²) in [5.41, 5.74) is 3.66. The van der Waals surface area contributed by atoms with Crippen LogP contribution in [0.5, 0.6) is 0 Å². The molecule has 20 heteroatoms. The number of rotatable bonds is 7. The fraction of sp³-hybridized carbons (Fsp3) is 0.409. The SMILES string of the molecule is C.CC1NC(=O)C2(CCCCC2)n2c1cc1cnc(Nc3ccc(S(N)(=O)=O)cc3)nc12.CCC1NC(=O)C2(CCCCC2)n2c1cc1cnc(Nc3ccc(S(N)(=O)=O)cc3)nc12. The van der Waals surface area contributed by atoms with E-state index in [2.05, 4.69) is 59.4 Å². The first-order valence-corrected chi connectivity index (χ1v) is 24.4. The Hall–Kier alpha value is -5.96. The highest BCUT2D eigenvalue weighted by Gasteiger charge is 2.49. The maximum atomic E-state index is 13.3. The Morgan fingerprint density at radius 2 is 1.06 bits per heavy atom. The van der Waals surface area contributed by atoms with Gasteiger partial charge in [0, 0.05) is 45.9 Å². The number of sulfonamides is 2. The van der Waals surface area contributed by atoms with Gasteiger partial charge in [0.15, 0.2) is 0 Å². The lowest BCUT2D eigenvalue weighted by atomic mass is 9.78. The molecule has 6 aromatic rings. The highest BCUT2D eigenvalue weighted by Crippen LogP contribution is 2.45. The normalized spacial score (nSPS) is 20.0. The number of nitrogens with two attached hydrogens (primary N) is 2. The molecule has 18 nitrogen and oxygen atoms in total. The zero-order chi connectivity index (χ0) is 44.3. The van der Waals surface area contributed by atoms with Gasteiger partial charge < -0.3 is 30.4 Å². The lowest BCUT2D eigenvalue weighted by molar-refractivity contribution is -0.135. The molecular formula is C44H54N12O6S2. The number of nitrogens with one attached hydrogen (secondary N) is 4. The lowest BCUT2D eigenvalue weighted by Crippen LogP contribution is -2.55. The van der Waals surface area contributed by atoms with E-state index in [4.69, 9.17) is 20.2 Å². The molecule has 0 saturated heterocycles. The van der Waals surface area contributed by atoms with E-state index in [0.29, 0.717) is 23.3 Å². The van der Waals surface area contributed by atoms with Crippen molar-refractivity contribution in [1.29, 1.82) is 0 Å². The minimum absolute atomic E-state index is 0. The zero-order valence-electron chi connectivity index (χ0n) is 35.0. The standard InChI is InChI=1S/C22H26N6O3S.C21H24N6O3S.CH4/c1-2-17-18-12-14-13-24-21(25-15-6-8-16(9-7-15)32(23,30)31)27-19(14)28(18)22(20(29)26-17)10-4-3-5-11-22;1-13-17-11-14-12-23-20(25-15-5-7-16(8-6-15)31(22,29)30)26-18(14)27(17)21(19(28)24-13)9-3-2-4-10-21;/h6-9,12-13,17H,2-5,10-11H2,1H3,(H,26,29)(H2,23,30,31)(H,24,25,27);5-8,11-13H,2-4,9-10H2,1H3,(H,24,28)(H2,22,29,30)(H,23,25,26);1H4. The highest BCUT2D eigenvalue weighted by molar-refractivity contribution is 7.89. The molecule has 2 saturated carbocycles. The van der Waals surface area contributed by atoms with Crippen molar-refractivity contribution in [1.82, 2.24) is 39.7 Å². The fourth-order valence-corrected chi connectivity index (χ4v) is 10.8. The average molecular weight is 911 g/mol. The molecule has 2 aliphatic heterocycles. The zero-order valence-corrected chi connectivity index (χ0v) is 36.6. The summed E-state index contributed by atoms with van der Waals surface area (Å²) in [6.07, 6.45) is 13.8. The molecule has 2 aromatic carbocycles. The summed E-state index contributed by atoms with van der Waals surface area (Å²) in [5.74, 6) is 0.908. The second-order valence-electron chi connectivity index (χ2n) is 17.0. The van der Waals surface area contributed by atoms with Crippen LogP contribution in [0.15, 0.2) is 82.8 Å². The first kappa shape index (κ1) is 44.6. The van der Waals surface area contributed by atoms with E-state index in [1.54, 1.807) is 36.7 Å². The molecule has 6 heterocycles. The third kappa shape index (κ3) is 7.96. The number of hydrogen-bond donors (Lipinski definition) is 6. The van der Waals surface area contributed by atoms with Gasteiger partial charge in [0.2, 0.25) is 43.8 Å². The maximum absolute atomic E-state index is 13.3. The van der Waals surface area contributed by atoms with Gasteiger partial charge in [0.1, 0.15) is 22.4 Å². The molecule has 338 valence electrons. The Bertz CT molecular complexity index is 2980. The molecule has 2 unspecified atom stereocenters. The van der Waals surface area contributed by atoms with Gasteiger partial charge in [-0.05, 0) is 99.7 Å². The van der Waals surface area contributed by atoms with E-state index in [-0.39, 0.29) is 41.1 Å². The number of amides is 2. The summed E-state index contributed by atoms with van der Waals surface area (Å²) in [5, 5.41) is 24.7. The predicted octanol–water partition coefficient (Wildman–Crippen LogP) is 6.37. The molecule has 10 rings (SSSR count). The smallest absolute Gasteiger partial charge is 0.246 e. The number of anilines is 4. The van der Waals surface area contributed by atoms with Gasteiger partial charge in [-0.15, -0.1) is 0 Å². The van der Waals surface area contributed by atoms with Crippen LogP contribution in [-0.4, -0.2) is 57.7 Å². The highest BCUT2D eigenvalue weighted by atomic mass is 32.2. The summed E-state index contributed by atoms with van der Waals surface area (Å²) in [4.78, 5) is 44.9. The molecule has 2 atom stereocenters. The number of primary sulfonamides is 2. The van der Waals surface area contributed by atoms with Gasteiger partial charge in [-0.25, -0.2) is 37.1 Å². The number of carbonyl (C=O) groups excluding carboxylic acids is 2. The minimum Gasteiger partial charge on any atom is -0.346 e. The Morgan fingerprint density at radius 3 is 1.48 bits per heavy atom. The van der Waals surface area contributed by atoms with Crippen LogP contribution in [0.1, 0.15) is 115 Å². The molecule has 0 radical (unpaired) electrons. The molecule has 2 aliphatic carbocycles. The fourth-order valence-electron chi connectivity index (χ4n) is 9.79. The molecule has 8 N–H and O–H groups in total. The molecule has 4 aliphatic rings. The third-order valence-corrected chi connectivity index (χ3v) is 14.8. The molecule has 4 aromatic heterocycles. The van der Waals surface area contributed by atoms with Crippen molar-refractivity contribution in [3.63, 3.8) is 0 Å². The summed E-state index contributed by atoms with van der Waals surface area (Å²) < 4.78 is 50.1. The Balaban J connectivity index is 0.000000172. The Kier molecular flexibility index (Phi) is 11.8. The van der Waals surface area contributed by atoms with Crippen LogP contribution in [0.3, 0.4) is 0 Å². The van der Waals surface area contributed by atoms with Crippen molar-refractivity contribution in [2.75, 3.05) is 10.6 Å². The number of carbonyl (C=O) groups is 2. The van der Waals surface area contributed by atoms with Crippen molar-refractivity contribution in [2.24, 2.45) is 10.3 Å². The summed E-state index contributed by atoms with van der Waals surface area (Å²) >= 11 is 0. The summed E-state index contributed by atoms with van der Waals surface area (Å²) in [7, 11) is -7.50. The predicted molar refractivity (Wildman–Crippen MR) is 244 cm³/mol. The van der Waals surface area contributed by atoms with E-state index < -0.39 is 31.1 Å². The molecule has 64 heavy (non-hydrogen) atoms. The van der Waals surface area contributed by atoms with Gasteiger partial charge in [-0.2, -0.15) is 9.97 Å². The van der Waals surface area contributed by atoms with Crippen LogP contribution < -0.4 is 31.5 Å². The van der Waals surface area contributed by atoms with Crippen LogP contribution in [0.4, 0.5) is 23.3 Å². The van der Waals surface area contributed by atoms with E-state index >= 15 is 0 Å². The number of hydrogen-bond acceptors (Lipinski definition) is 12.